The Kier molecular flexibility index (Phi) is 9.57. The number of benzene rings is 3. The van der Waals surface area contributed by atoms with Crippen LogP contribution in [-0.4, -0.2) is 39.1 Å². The van der Waals surface area contributed by atoms with Gasteiger partial charge in [0.25, 0.3) is 0 Å². The van der Waals surface area contributed by atoms with Crippen molar-refractivity contribution in [3.8, 4) is 17.2 Å². The third-order valence-corrected chi connectivity index (χ3v) is 7.13. The van der Waals surface area contributed by atoms with Gasteiger partial charge in [-0.2, -0.15) is 4.68 Å². The maximum Gasteiger partial charge on any atom is 0.214 e. The topological polar surface area (TPSA) is 74.1 Å². The zero-order chi connectivity index (χ0) is 25.3. The van der Waals surface area contributed by atoms with Gasteiger partial charge in [0.05, 0.1) is 17.3 Å². The Bertz CT molecular complexity index is 1270. The van der Waals surface area contributed by atoms with Crippen molar-refractivity contribution in [3.63, 3.8) is 0 Å². The van der Waals surface area contributed by atoms with Gasteiger partial charge in [0, 0.05) is 28.9 Å². The molecule has 0 unspecified atom stereocenters. The van der Waals surface area contributed by atoms with Gasteiger partial charge >= 0.3 is 0 Å². The number of hydrogen-bond acceptors (Lipinski definition) is 7. The minimum Gasteiger partial charge on any atom is -0.490 e. The Morgan fingerprint density at radius 3 is 2.67 bits per heavy atom. The summed E-state index contributed by atoms with van der Waals surface area (Å²) in [5.41, 5.74) is 2.23. The number of tetrazole rings is 1. The van der Waals surface area contributed by atoms with E-state index in [9.17, 15) is 4.39 Å². The van der Waals surface area contributed by atoms with Crippen LogP contribution >= 0.6 is 39.3 Å². The monoisotopic (exact) mass is 591 g/mol. The predicted molar refractivity (Wildman–Crippen MR) is 143 cm³/mol. The Hall–Kier alpha value is -2.66. The highest BCUT2D eigenvalue weighted by Gasteiger charge is 2.14. The van der Waals surface area contributed by atoms with Gasteiger partial charge in [-0.05, 0) is 59.3 Å². The average molecular weight is 593 g/mol. The van der Waals surface area contributed by atoms with Crippen LogP contribution in [0.5, 0.6) is 11.5 Å². The summed E-state index contributed by atoms with van der Waals surface area (Å²) in [6.45, 7) is 3.72. The number of nitrogens with zero attached hydrogens (tertiary/aromatic N) is 4. The molecule has 1 heterocycles. The molecular formula is C25H24BrClFN5O2S. The molecule has 0 saturated carbocycles. The highest BCUT2D eigenvalue weighted by molar-refractivity contribution is 9.10. The van der Waals surface area contributed by atoms with Crippen LogP contribution in [0.4, 0.5) is 4.39 Å². The smallest absolute Gasteiger partial charge is 0.214 e. The minimum atomic E-state index is -0.406. The lowest BCUT2D eigenvalue weighted by Gasteiger charge is -2.16. The Balaban J connectivity index is 1.33. The van der Waals surface area contributed by atoms with Crippen LogP contribution in [0.2, 0.25) is 5.02 Å². The van der Waals surface area contributed by atoms with Crippen molar-refractivity contribution in [2.75, 3.05) is 18.9 Å². The van der Waals surface area contributed by atoms with Crippen LogP contribution in [0.1, 0.15) is 18.1 Å². The van der Waals surface area contributed by atoms with E-state index in [0.29, 0.717) is 35.2 Å². The van der Waals surface area contributed by atoms with Gasteiger partial charge in [-0.3, -0.25) is 0 Å². The van der Waals surface area contributed by atoms with Crippen LogP contribution < -0.4 is 14.8 Å². The molecule has 0 atom stereocenters. The van der Waals surface area contributed by atoms with Crippen LogP contribution in [0.25, 0.3) is 5.69 Å². The molecule has 0 bridgehead atoms. The summed E-state index contributed by atoms with van der Waals surface area (Å²) >= 11 is 11.3. The Morgan fingerprint density at radius 1 is 1.08 bits per heavy atom. The quantitative estimate of drug-likeness (QED) is 0.158. The summed E-state index contributed by atoms with van der Waals surface area (Å²) in [4.78, 5) is 0. The molecule has 0 amide bonds. The van der Waals surface area contributed by atoms with Crippen LogP contribution in [0.3, 0.4) is 0 Å². The molecule has 0 radical (unpaired) electrons. The lowest BCUT2D eigenvalue weighted by molar-refractivity contribution is 0.265. The first kappa shape index (κ1) is 26.4. The summed E-state index contributed by atoms with van der Waals surface area (Å²) in [6, 6.07) is 18.1. The van der Waals surface area contributed by atoms with Crippen molar-refractivity contribution in [2.24, 2.45) is 0 Å². The maximum atomic E-state index is 14.1. The van der Waals surface area contributed by atoms with Crippen LogP contribution in [0, 0.1) is 5.82 Å². The molecule has 0 aliphatic rings. The largest absolute Gasteiger partial charge is 0.490 e. The van der Waals surface area contributed by atoms with Crippen LogP contribution in [0.15, 0.2) is 70.3 Å². The number of halogens is 3. The molecule has 0 saturated heterocycles. The first-order valence-electron chi connectivity index (χ1n) is 11.2. The normalized spacial score (nSPS) is 11.0. The van der Waals surface area contributed by atoms with Crippen LogP contribution in [-0.2, 0) is 13.2 Å². The van der Waals surface area contributed by atoms with E-state index in [0.717, 1.165) is 33.2 Å². The summed E-state index contributed by atoms with van der Waals surface area (Å²) in [6.07, 6.45) is 0. The molecule has 1 N–H and O–H groups in total. The van der Waals surface area contributed by atoms with Crippen molar-refractivity contribution in [1.29, 1.82) is 0 Å². The van der Waals surface area contributed by atoms with Gasteiger partial charge in [0.1, 0.15) is 12.4 Å². The molecule has 188 valence electrons. The highest BCUT2D eigenvalue weighted by Crippen LogP contribution is 2.35. The van der Waals surface area contributed by atoms with E-state index < -0.39 is 5.82 Å². The second-order valence-electron chi connectivity index (χ2n) is 7.55. The predicted octanol–water partition coefficient (Wildman–Crippen LogP) is 6.08. The molecule has 1 aromatic heterocycles. The lowest BCUT2D eigenvalue weighted by atomic mass is 10.2. The van der Waals surface area contributed by atoms with Gasteiger partial charge in [-0.25, -0.2) is 4.39 Å². The molecule has 36 heavy (non-hydrogen) atoms. The molecular weight excluding hydrogens is 569 g/mol. The number of rotatable bonds is 12. The zero-order valence-electron chi connectivity index (χ0n) is 19.5. The van der Waals surface area contributed by atoms with Gasteiger partial charge < -0.3 is 14.8 Å². The molecule has 3 aromatic carbocycles. The van der Waals surface area contributed by atoms with Gasteiger partial charge in [-0.15, -0.1) is 5.10 Å². The Morgan fingerprint density at radius 2 is 1.89 bits per heavy atom. The molecule has 0 aliphatic carbocycles. The van der Waals surface area contributed by atoms with E-state index in [1.807, 2.05) is 49.4 Å². The van der Waals surface area contributed by atoms with E-state index in [4.69, 9.17) is 21.1 Å². The molecule has 0 spiro atoms. The second kappa shape index (κ2) is 13.0. The Labute approximate surface area is 226 Å². The van der Waals surface area contributed by atoms with Crippen molar-refractivity contribution in [3.05, 3.63) is 87.1 Å². The molecule has 0 fully saturated rings. The fourth-order valence-electron chi connectivity index (χ4n) is 3.35. The molecule has 11 heteroatoms. The standard InChI is InChI=1S/C25H24BrClFN5O2S/c1-2-34-23-13-17(20(26)14-24(23)35-16-19-21(27)9-6-10-22(19)28)15-29-11-12-36-25-30-31-32-33(25)18-7-4-3-5-8-18/h3-10,13-14,29H,2,11-12,15-16H2,1H3. The van der Waals surface area contributed by atoms with E-state index in [-0.39, 0.29) is 6.61 Å². The van der Waals surface area contributed by atoms with Crippen molar-refractivity contribution in [2.45, 2.75) is 25.2 Å². The first-order valence-corrected chi connectivity index (χ1v) is 13.4. The average Bonchev–Trinajstić information content (AvgIpc) is 3.35. The molecule has 4 aromatic rings. The number of thioether (sulfide) groups is 1. The summed E-state index contributed by atoms with van der Waals surface area (Å²) < 4.78 is 28.4. The first-order chi connectivity index (χ1) is 17.6. The van der Waals surface area contributed by atoms with Gasteiger partial charge in [0.2, 0.25) is 5.16 Å². The maximum absolute atomic E-state index is 14.1. The SMILES string of the molecule is CCOc1cc(CNCCSc2nnnn2-c2ccccc2)c(Br)cc1OCc1c(F)cccc1Cl. The van der Waals surface area contributed by atoms with Crippen molar-refractivity contribution < 1.29 is 13.9 Å². The summed E-state index contributed by atoms with van der Waals surface area (Å²) in [5, 5.41) is 16.5. The number of para-hydroxylation sites is 1. The summed E-state index contributed by atoms with van der Waals surface area (Å²) in [5.74, 6) is 1.47. The third-order valence-electron chi connectivity index (χ3n) is 5.11. The molecule has 4 rings (SSSR count). The second-order valence-corrected chi connectivity index (χ2v) is 9.87. The van der Waals surface area contributed by atoms with Crippen molar-refractivity contribution in [1.82, 2.24) is 25.5 Å². The van der Waals surface area contributed by atoms with E-state index in [2.05, 4.69) is 36.8 Å². The molecule has 0 aliphatic heterocycles. The van der Waals surface area contributed by atoms with Gasteiger partial charge in [-0.1, -0.05) is 63.6 Å². The van der Waals surface area contributed by atoms with E-state index >= 15 is 0 Å². The number of aromatic nitrogens is 4. The summed E-state index contributed by atoms with van der Waals surface area (Å²) in [7, 11) is 0. The number of hydrogen-bond donors (Lipinski definition) is 1. The molecule has 7 nitrogen and oxygen atoms in total. The number of ether oxygens (including phenoxy) is 2. The van der Waals surface area contributed by atoms with Crippen molar-refractivity contribution >= 4 is 39.3 Å². The van der Waals surface area contributed by atoms with Gasteiger partial charge in [0.15, 0.2) is 11.5 Å². The van der Waals surface area contributed by atoms with E-state index in [1.54, 1.807) is 28.6 Å². The fourth-order valence-corrected chi connectivity index (χ4v) is 4.82. The number of nitrogens with one attached hydrogen (secondary N) is 1. The highest BCUT2D eigenvalue weighted by atomic mass is 79.9. The fraction of sp³-hybridized carbons (Fsp3) is 0.240. The minimum absolute atomic E-state index is 0.00466. The third kappa shape index (κ3) is 6.76. The zero-order valence-corrected chi connectivity index (χ0v) is 22.6. The lowest BCUT2D eigenvalue weighted by Crippen LogP contribution is -2.17. The van der Waals surface area contributed by atoms with E-state index in [1.165, 1.54) is 6.07 Å².